The van der Waals surface area contributed by atoms with Crippen LogP contribution in [0.2, 0.25) is 0 Å². The van der Waals surface area contributed by atoms with Gasteiger partial charge in [0.25, 0.3) is 5.91 Å². The monoisotopic (exact) mass is 341 g/mol. The molecule has 0 radical (unpaired) electrons. The molecule has 2 rings (SSSR count). The van der Waals surface area contributed by atoms with E-state index < -0.39 is 17.9 Å². The molecule has 24 heavy (non-hydrogen) atoms. The third-order valence-corrected chi connectivity index (χ3v) is 3.61. The number of methoxy groups -OCH3 is 1. The van der Waals surface area contributed by atoms with Gasteiger partial charge in [-0.2, -0.15) is 0 Å². The smallest absolute Gasteiger partial charge is 0.334 e. The van der Waals surface area contributed by atoms with Gasteiger partial charge in [0.15, 0.2) is 6.10 Å². The molecule has 132 valence electrons. The van der Waals surface area contributed by atoms with Gasteiger partial charge >= 0.3 is 5.97 Å². The second kappa shape index (κ2) is 8.72. The average molecular weight is 341 g/mol. The Kier molecular flexibility index (Phi) is 6.65. The van der Waals surface area contributed by atoms with Crippen molar-refractivity contribution in [3.63, 3.8) is 0 Å². The number of benzene rings is 1. The Morgan fingerprint density at radius 2 is 2.21 bits per heavy atom. The number of aliphatic carboxylic acids is 1. The number of carboxylic acids is 1. The van der Waals surface area contributed by atoms with E-state index >= 15 is 0 Å². The van der Waals surface area contributed by atoms with E-state index in [2.05, 4.69) is 0 Å². The summed E-state index contributed by atoms with van der Waals surface area (Å²) in [5.41, 5.74) is 0.549. The number of amides is 1. The molecule has 1 aromatic rings. The van der Waals surface area contributed by atoms with Crippen molar-refractivity contribution in [1.82, 2.24) is 4.90 Å². The van der Waals surface area contributed by atoms with E-state index in [-0.39, 0.29) is 36.8 Å². The minimum absolute atomic E-state index is 0.0250. The third-order valence-electron chi connectivity index (χ3n) is 3.61. The number of carboxylic acid groups (broad SMARTS) is 1. The van der Waals surface area contributed by atoms with E-state index in [1.54, 1.807) is 0 Å². The lowest BCUT2D eigenvalue weighted by Crippen LogP contribution is -2.48. The fraction of sp³-hybridized carbons (Fsp3) is 0.500. The molecule has 1 aliphatic heterocycles. The number of nitrogens with zero attached hydrogens (tertiary/aromatic N) is 1. The predicted octanol–water partition coefficient (Wildman–Crippen LogP) is 0.914. The van der Waals surface area contributed by atoms with E-state index in [1.165, 1.54) is 30.2 Å². The lowest BCUT2D eigenvalue weighted by molar-refractivity contribution is -0.154. The SMILES string of the molecule is COCCOCc1cc(C(=O)N2CCOC(C(=O)O)C2)ccc1F. The average Bonchev–Trinajstić information content (AvgIpc) is 2.59. The van der Waals surface area contributed by atoms with Crippen LogP contribution < -0.4 is 0 Å². The molecule has 1 aliphatic rings. The van der Waals surface area contributed by atoms with Crippen molar-refractivity contribution in [3.8, 4) is 0 Å². The highest BCUT2D eigenvalue weighted by molar-refractivity contribution is 5.94. The Labute approximate surface area is 138 Å². The molecule has 1 N–H and O–H groups in total. The molecular weight excluding hydrogens is 321 g/mol. The topological polar surface area (TPSA) is 85.3 Å². The minimum Gasteiger partial charge on any atom is -0.479 e. The fourth-order valence-corrected chi connectivity index (χ4v) is 2.31. The Morgan fingerprint density at radius 1 is 1.42 bits per heavy atom. The van der Waals surface area contributed by atoms with Crippen molar-refractivity contribution in [2.75, 3.05) is 40.0 Å². The van der Waals surface area contributed by atoms with E-state index in [9.17, 15) is 14.0 Å². The number of hydrogen-bond acceptors (Lipinski definition) is 5. The molecule has 0 aromatic heterocycles. The lowest BCUT2D eigenvalue weighted by atomic mass is 10.1. The minimum atomic E-state index is -1.11. The van der Waals surface area contributed by atoms with Crippen LogP contribution in [0.25, 0.3) is 0 Å². The molecule has 0 saturated carbocycles. The highest BCUT2D eigenvalue weighted by Crippen LogP contribution is 2.16. The third kappa shape index (κ3) is 4.73. The zero-order valence-electron chi connectivity index (χ0n) is 13.4. The van der Waals surface area contributed by atoms with Gasteiger partial charge in [0, 0.05) is 24.8 Å². The normalized spacial score (nSPS) is 17.8. The van der Waals surface area contributed by atoms with E-state index in [0.29, 0.717) is 19.8 Å². The Bertz CT molecular complexity index is 594. The van der Waals surface area contributed by atoms with Crippen LogP contribution in [0, 0.1) is 5.82 Å². The Hall–Kier alpha value is -2.03. The number of carbonyl (C=O) groups excluding carboxylic acids is 1. The zero-order valence-corrected chi connectivity index (χ0v) is 13.4. The number of ether oxygens (including phenoxy) is 3. The van der Waals surface area contributed by atoms with Crippen LogP contribution in [0.4, 0.5) is 4.39 Å². The van der Waals surface area contributed by atoms with Crippen LogP contribution in [0.15, 0.2) is 18.2 Å². The van der Waals surface area contributed by atoms with Crippen molar-refractivity contribution >= 4 is 11.9 Å². The van der Waals surface area contributed by atoms with Crippen LogP contribution in [0.3, 0.4) is 0 Å². The number of halogens is 1. The van der Waals surface area contributed by atoms with Crippen LogP contribution in [0.5, 0.6) is 0 Å². The molecule has 1 heterocycles. The van der Waals surface area contributed by atoms with Gasteiger partial charge in [0.1, 0.15) is 5.82 Å². The largest absolute Gasteiger partial charge is 0.479 e. The van der Waals surface area contributed by atoms with Gasteiger partial charge in [0.05, 0.1) is 33.0 Å². The summed E-state index contributed by atoms with van der Waals surface area (Å²) in [5, 5.41) is 8.99. The first-order valence-electron chi connectivity index (χ1n) is 7.51. The lowest BCUT2D eigenvalue weighted by Gasteiger charge is -2.31. The van der Waals surface area contributed by atoms with Crippen LogP contribution >= 0.6 is 0 Å². The molecule has 1 saturated heterocycles. The zero-order chi connectivity index (χ0) is 17.5. The van der Waals surface area contributed by atoms with Crippen molar-refractivity contribution < 1.29 is 33.3 Å². The van der Waals surface area contributed by atoms with Gasteiger partial charge in [-0.1, -0.05) is 0 Å². The quantitative estimate of drug-likeness (QED) is 0.742. The van der Waals surface area contributed by atoms with Crippen LogP contribution in [0.1, 0.15) is 15.9 Å². The number of rotatable bonds is 7. The number of hydrogen-bond donors (Lipinski definition) is 1. The molecule has 1 atom stereocenters. The Balaban J connectivity index is 2.04. The summed E-state index contributed by atoms with van der Waals surface area (Å²) in [5.74, 6) is -1.93. The second-order valence-corrected chi connectivity index (χ2v) is 5.30. The maximum absolute atomic E-state index is 13.8. The summed E-state index contributed by atoms with van der Waals surface area (Å²) < 4.78 is 29.0. The highest BCUT2D eigenvalue weighted by atomic mass is 19.1. The molecule has 1 fully saturated rings. The molecule has 7 nitrogen and oxygen atoms in total. The van der Waals surface area contributed by atoms with Crippen molar-refractivity contribution in [1.29, 1.82) is 0 Å². The summed E-state index contributed by atoms with van der Waals surface area (Å²) in [6, 6.07) is 4.01. The highest BCUT2D eigenvalue weighted by Gasteiger charge is 2.29. The predicted molar refractivity (Wildman–Crippen MR) is 81.2 cm³/mol. The van der Waals surface area contributed by atoms with Crippen LogP contribution in [-0.2, 0) is 25.6 Å². The molecule has 0 aliphatic carbocycles. The van der Waals surface area contributed by atoms with Gasteiger partial charge in [-0.05, 0) is 18.2 Å². The van der Waals surface area contributed by atoms with Gasteiger partial charge < -0.3 is 24.2 Å². The van der Waals surface area contributed by atoms with Crippen molar-refractivity contribution in [3.05, 3.63) is 35.1 Å². The summed E-state index contributed by atoms with van der Waals surface area (Å²) in [7, 11) is 1.54. The second-order valence-electron chi connectivity index (χ2n) is 5.30. The van der Waals surface area contributed by atoms with Gasteiger partial charge in [-0.3, -0.25) is 4.79 Å². The molecule has 1 amide bonds. The summed E-state index contributed by atoms with van der Waals surface area (Å²) >= 11 is 0. The van der Waals surface area contributed by atoms with Crippen molar-refractivity contribution in [2.45, 2.75) is 12.7 Å². The van der Waals surface area contributed by atoms with Crippen molar-refractivity contribution in [2.24, 2.45) is 0 Å². The maximum Gasteiger partial charge on any atom is 0.334 e. The van der Waals surface area contributed by atoms with Gasteiger partial charge in [-0.25, -0.2) is 9.18 Å². The summed E-state index contributed by atoms with van der Waals surface area (Å²) in [6.07, 6.45) is -1.04. The van der Waals surface area contributed by atoms with Crippen LogP contribution in [-0.4, -0.2) is 68.0 Å². The maximum atomic E-state index is 13.8. The number of carbonyl (C=O) groups is 2. The molecule has 1 aromatic carbocycles. The first kappa shape index (κ1) is 18.3. The molecule has 8 heteroatoms. The molecule has 0 spiro atoms. The summed E-state index contributed by atoms with van der Waals surface area (Å²) in [4.78, 5) is 24.9. The molecule has 0 bridgehead atoms. The van der Waals surface area contributed by atoms with Gasteiger partial charge in [0.2, 0.25) is 0 Å². The number of morpholine rings is 1. The fourth-order valence-electron chi connectivity index (χ4n) is 2.31. The molecular formula is C16H20FNO6. The molecule has 1 unspecified atom stereocenters. The Morgan fingerprint density at radius 3 is 2.92 bits per heavy atom. The van der Waals surface area contributed by atoms with E-state index in [4.69, 9.17) is 19.3 Å². The standard InChI is InChI=1S/C16H20FNO6/c1-22-6-7-23-10-12-8-11(2-3-13(12)17)15(19)18-4-5-24-14(9-18)16(20)21/h2-3,8,14H,4-7,9-10H2,1H3,(H,20,21). The van der Waals surface area contributed by atoms with E-state index in [1.807, 2.05) is 0 Å². The summed E-state index contributed by atoms with van der Waals surface area (Å²) in [6.45, 7) is 1.14. The first-order valence-corrected chi connectivity index (χ1v) is 7.51. The van der Waals surface area contributed by atoms with Gasteiger partial charge in [-0.15, -0.1) is 0 Å². The van der Waals surface area contributed by atoms with E-state index in [0.717, 1.165) is 0 Å². The first-order chi connectivity index (χ1) is 11.5.